The van der Waals surface area contributed by atoms with Gasteiger partial charge in [-0.2, -0.15) is 0 Å². The van der Waals surface area contributed by atoms with E-state index in [1.807, 2.05) is 47.9 Å². The van der Waals surface area contributed by atoms with Crippen molar-refractivity contribution in [3.8, 4) is 11.3 Å². The molecule has 1 aromatic heterocycles. The van der Waals surface area contributed by atoms with Gasteiger partial charge in [0, 0.05) is 35.4 Å². The van der Waals surface area contributed by atoms with E-state index in [0.29, 0.717) is 41.9 Å². The minimum atomic E-state index is -3.90. The number of ether oxygens (including phenoxy) is 1. The highest BCUT2D eigenvalue weighted by Gasteiger charge is 2.62. The molecule has 5 atom stereocenters. The molecule has 16 heteroatoms. The topological polar surface area (TPSA) is 167 Å². The number of nitrogens with one attached hydrogen (secondary N) is 3. The maximum absolute atomic E-state index is 14.6. The molecule has 55 heavy (non-hydrogen) atoms. The molecule has 13 nitrogen and oxygen atoms in total. The van der Waals surface area contributed by atoms with Gasteiger partial charge in [0.2, 0.25) is 21.8 Å². The third-order valence-corrected chi connectivity index (χ3v) is 13.8. The predicted octanol–water partition coefficient (Wildman–Crippen LogP) is 4.86. The highest BCUT2D eigenvalue weighted by Crippen LogP contribution is 2.46. The number of aromatic nitrogens is 1. The summed E-state index contributed by atoms with van der Waals surface area (Å²) < 4.78 is 48.3. The van der Waals surface area contributed by atoms with Gasteiger partial charge in [0.15, 0.2) is 5.13 Å². The Balaban J connectivity index is 1.06. The summed E-state index contributed by atoms with van der Waals surface area (Å²) in [5.74, 6) is -2.69. The Morgan fingerprint density at radius 3 is 2.62 bits per heavy atom. The lowest BCUT2D eigenvalue weighted by molar-refractivity contribution is -0.140. The molecule has 0 unspecified atom stereocenters. The summed E-state index contributed by atoms with van der Waals surface area (Å²) in [5.41, 5.74) is 1.26. The lowest BCUT2D eigenvalue weighted by Gasteiger charge is -2.29. The van der Waals surface area contributed by atoms with Crippen molar-refractivity contribution in [2.24, 2.45) is 5.92 Å². The van der Waals surface area contributed by atoms with Crippen LogP contribution in [0.4, 0.5) is 14.3 Å². The van der Waals surface area contributed by atoms with Gasteiger partial charge in [-0.15, -0.1) is 11.3 Å². The molecule has 2 saturated carbocycles. The number of rotatable bonds is 7. The fourth-order valence-electron chi connectivity index (χ4n) is 7.81. The Morgan fingerprint density at radius 1 is 1.02 bits per heavy atom. The van der Waals surface area contributed by atoms with Crippen LogP contribution in [0.2, 0.25) is 0 Å². The monoisotopic (exact) mass is 790 g/mol. The molecule has 3 fully saturated rings. The van der Waals surface area contributed by atoms with Crippen molar-refractivity contribution < 1.29 is 36.7 Å². The third-order valence-electron chi connectivity index (χ3n) is 11.2. The van der Waals surface area contributed by atoms with E-state index in [1.165, 1.54) is 27.2 Å². The molecule has 1 saturated heterocycles. The van der Waals surface area contributed by atoms with Gasteiger partial charge in [-0.25, -0.2) is 22.6 Å². The molecular weight excluding hydrogens is 748 g/mol. The van der Waals surface area contributed by atoms with E-state index in [0.717, 1.165) is 30.5 Å². The number of allylic oxidation sites excluding steroid dienone is 1. The van der Waals surface area contributed by atoms with E-state index >= 15 is 0 Å². The van der Waals surface area contributed by atoms with Crippen LogP contribution in [0, 0.1) is 11.7 Å². The number of sulfonamides is 1. The quantitative estimate of drug-likeness (QED) is 0.284. The number of benzene rings is 2. The van der Waals surface area contributed by atoms with Crippen molar-refractivity contribution in [3.05, 3.63) is 83.0 Å². The van der Waals surface area contributed by atoms with E-state index < -0.39 is 68.6 Å². The van der Waals surface area contributed by atoms with Crippen molar-refractivity contribution in [1.82, 2.24) is 24.8 Å². The maximum atomic E-state index is 14.6. The molecule has 3 N–H and O–H groups in total. The first-order valence-electron chi connectivity index (χ1n) is 18.9. The first-order valence-corrected chi connectivity index (χ1v) is 21.3. The summed E-state index contributed by atoms with van der Waals surface area (Å²) in [6.07, 6.45) is 6.83. The molecule has 3 aliphatic heterocycles. The summed E-state index contributed by atoms with van der Waals surface area (Å²) in [6, 6.07) is 12.4. The van der Waals surface area contributed by atoms with Crippen LogP contribution in [0.15, 0.2) is 66.1 Å². The molecular formula is C39H43FN6O7S2. The number of nitrogens with zero attached hydrogens (tertiary/aromatic N) is 3. The van der Waals surface area contributed by atoms with Crippen molar-refractivity contribution in [2.75, 3.05) is 11.9 Å². The van der Waals surface area contributed by atoms with Crippen molar-refractivity contribution >= 4 is 50.3 Å². The van der Waals surface area contributed by atoms with Crippen LogP contribution in [0.3, 0.4) is 0 Å². The number of amides is 4. The first kappa shape index (κ1) is 37.1. The number of hydrogen-bond acceptors (Lipinski definition) is 10. The van der Waals surface area contributed by atoms with Crippen LogP contribution in [0.5, 0.6) is 0 Å². The maximum Gasteiger partial charge on any atom is 0.410 e. The number of thiazole rings is 1. The Bertz CT molecular complexity index is 2130. The van der Waals surface area contributed by atoms with Crippen LogP contribution >= 0.6 is 11.3 Å². The Kier molecular flexibility index (Phi) is 10.1. The lowest BCUT2D eigenvalue weighted by atomic mass is 10.1. The van der Waals surface area contributed by atoms with E-state index in [2.05, 4.69) is 15.4 Å². The van der Waals surface area contributed by atoms with Crippen LogP contribution in [0.1, 0.15) is 68.9 Å². The number of carbonyl (C=O) groups is 4. The number of halogens is 1. The highest BCUT2D eigenvalue weighted by atomic mass is 32.2. The normalized spacial score (nSPS) is 26.9. The van der Waals surface area contributed by atoms with E-state index in [1.54, 1.807) is 12.1 Å². The number of carbonyl (C=O) groups excluding carboxylic acids is 4. The Morgan fingerprint density at radius 2 is 1.84 bits per heavy atom. The van der Waals surface area contributed by atoms with Crippen molar-refractivity contribution in [2.45, 2.75) is 99.9 Å². The molecule has 290 valence electrons. The van der Waals surface area contributed by atoms with Gasteiger partial charge in [0.05, 0.1) is 24.0 Å². The smallest absolute Gasteiger partial charge is 0.410 e. The molecule has 3 aromatic rings. The Labute approximate surface area is 322 Å². The average molecular weight is 791 g/mol. The van der Waals surface area contributed by atoms with Gasteiger partial charge in [-0.3, -0.25) is 24.0 Å². The second kappa shape index (κ2) is 15.0. The van der Waals surface area contributed by atoms with Crippen LogP contribution in [-0.2, 0) is 42.2 Å². The standard InChI is InChI=1S/C39H43FN6O7S2/c40-30-14-9-12-25-20-45(22-29(25)30)38(50)53-27-18-33-34(47)43-39(36(49)44-55(51,52)28-16-17-28)19-26(39)13-7-2-1-3-8-15-31(35(48)46(33)21-27)41-37-42-32(23-54-37)24-10-5-4-6-11-24/h4-7,9-14,23,26-28,31,33H,1-3,8,15-22H2,(H,41,42)(H,43,47)(H,44,49)/t26-,27-,31+,33+,39-/m1/s1. The second-order valence-electron chi connectivity index (χ2n) is 15.1. The molecule has 0 radical (unpaired) electrons. The summed E-state index contributed by atoms with van der Waals surface area (Å²) in [5, 5.41) is 8.00. The fraction of sp³-hybridized carbons (Fsp3) is 0.462. The Hall–Kier alpha value is -4.83. The van der Waals surface area contributed by atoms with Gasteiger partial charge in [0.1, 0.15) is 29.5 Å². The highest BCUT2D eigenvalue weighted by molar-refractivity contribution is 7.91. The molecule has 4 amide bonds. The van der Waals surface area contributed by atoms with Crippen molar-refractivity contribution in [1.29, 1.82) is 0 Å². The van der Waals surface area contributed by atoms with Crippen molar-refractivity contribution in [3.63, 3.8) is 0 Å². The van der Waals surface area contributed by atoms with E-state index in [-0.39, 0.29) is 38.4 Å². The summed E-state index contributed by atoms with van der Waals surface area (Å²) in [6.45, 7) is 0.0925. The predicted molar refractivity (Wildman–Crippen MR) is 202 cm³/mol. The third kappa shape index (κ3) is 7.83. The van der Waals surface area contributed by atoms with Gasteiger partial charge in [-0.1, -0.05) is 67.5 Å². The van der Waals surface area contributed by atoms with Crippen LogP contribution < -0.4 is 15.4 Å². The molecule has 4 heterocycles. The minimum Gasteiger partial charge on any atom is -0.444 e. The number of fused-ring (bicyclic) bond motifs is 3. The fourth-order valence-corrected chi connectivity index (χ4v) is 9.94. The zero-order valence-electron chi connectivity index (χ0n) is 30.1. The molecule has 0 spiro atoms. The van der Waals surface area contributed by atoms with Gasteiger partial charge < -0.3 is 20.3 Å². The van der Waals surface area contributed by atoms with E-state index in [9.17, 15) is 32.0 Å². The zero-order valence-corrected chi connectivity index (χ0v) is 31.7. The zero-order chi connectivity index (χ0) is 38.3. The summed E-state index contributed by atoms with van der Waals surface area (Å²) in [4.78, 5) is 63.7. The van der Waals surface area contributed by atoms with Crippen LogP contribution in [-0.4, -0.2) is 82.5 Å². The molecule has 5 aliphatic rings. The molecule has 0 bridgehead atoms. The summed E-state index contributed by atoms with van der Waals surface area (Å²) >= 11 is 1.37. The lowest BCUT2D eigenvalue weighted by Crippen LogP contribution is -2.57. The van der Waals surface area contributed by atoms with E-state index in [4.69, 9.17) is 9.72 Å². The van der Waals surface area contributed by atoms with Gasteiger partial charge in [0.25, 0.3) is 5.91 Å². The number of hydrogen-bond donors (Lipinski definition) is 3. The average Bonchev–Trinajstić information content (AvgIpc) is 3.97. The largest absolute Gasteiger partial charge is 0.444 e. The SMILES string of the molecule is O=C1N[C@]2(C(=O)NS(=O)(=O)C3CC3)C[C@H]2C=CCCCCC[C@H](Nc2nc(-c3ccccc3)cs2)C(=O)N2C[C@H](OC(=O)N3Cc4cccc(F)c4C3)C[C@@H]12. The van der Waals surface area contributed by atoms with Gasteiger partial charge in [-0.05, 0) is 50.2 Å². The van der Waals surface area contributed by atoms with Crippen LogP contribution in [0.25, 0.3) is 11.3 Å². The second-order valence-corrected chi connectivity index (χ2v) is 17.9. The van der Waals surface area contributed by atoms with Gasteiger partial charge >= 0.3 is 6.09 Å². The molecule has 8 rings (SSSR count). The molecule has 2 aliphatic carbocycles. The number of anilines is 1. The molecule has 2 aromatic carbocycles. The first-order chi connectivity index (χ1) is 26.5. The summed E-state index contributed by atoms with van der Waals surface area (Å²) in [7, 11) is -3.90. The minimum absolute atomic E-state index is 0.0290.